The van der Waals surface area contributed by atoms with Crippen LogP contribution in [0.2, 0.25) is 0 Å². The van der Waals surface area contributed by atoms with Gasteiger partial charge in [0.25, 0.3) is 10.0 Å². The number of thiazole rings is 1. The summed E-state index contributed by atoms with van der Waals surface area (Å²) in [6.45, 7) is 1.70. The molecule has 2 aromatic rings. The van der Waals surface area contributed by atoms with Gasteiger partial charge in [-0.2, -0.15) is 0 Å². The van der Waals surface area contributed by atoms with Crippen molar-refractivity contribution in [3.05, 3.63) is 45.5 Å². The number of aryl methyl sites for hydroxylation is 1. The van der Waals surface area contributed by atoms with Gasteiger partial charge in [0.2, 0.25) is 5.91 Å². The summed E-state index contributed by atoms with van der Waals surface area (Å²) in [7, 11) is -3.82. The first-order valence-corrected chi connectivity index (χ1v) is 8.68. The summed E-state index contributed by atoms with van der Waals surface area (Å²) in [4.78, 5) is 15.6. The van der Waals surface area contributed by atoms with Crippen molar-refractivity contribution in [2.75, 3.05) is 0 Å². The Hall–Kier alpha value is -1.25. The highest BCUT2D eigenvalue weighted by molar-refractivity contribution is 9.10. The largest absolute Gasteiger partial charge is 0.275 e. The molecule has 8 heteroatoms. The van der Waals surface area contributed by atoms with Crippen LogP contribution in [0.1, 0.15) is 10.6 Å². The maximum atomic E-state index is 11.9. The molecule has 0 unspecified atom stereocenters. The van der Waals surface area contributed by atoms with E-state index in [2.05, 4.69) is 20.9 Å². The van der Waals surface area contributed by atoms with Gasteiger partial charge in [0.05, 0.1) is 17.6 Å². The molecule has 1 aromatic carbocycles. The van der Waals surface area contributed by atoms with Crippen LogP contribution in [-0.4, -0.2) is 19.3 Å². The second-order valence-electron chi connectivity index (χ2n) is 4.03. The quantitative estimate of drug-likeness (QED) is 0.890. The van der Waals surface area contributed by atoms with Gasteiger partial charge in [-0.3, -0.25) is 4.79 Å². The van der Waals surface area contributed by atoms with E-state index in [0.29, 0.717) is 5.01 Å². The van der Waals surface area contributed by atoms with E-state index >= 15 is 0 Å². The predicted molar refractivity (Wildman–Crippen MR) is 80.0 cm³/mol. The molecule has 20 heavy (non-hydrogen) atoms. The first-order chi connectivity index (χ1) is 9.37. The number of hydrogen-bond donors (Lipinski definition) is 1. The molecule has 0 aliphatic heterocycles. The lowest BCUT2D eigenvalue weighted by Crippen LogP contribution is -2.31. The van der Waals surface area contributed by atoms with Crippen LogP contribution in [0.15, 0.2) is 39.1 Å². The zero-order valence-corrected chi connectivity index (χ0v) is 13.7. The van der Waals surface area contributed by atoms with Gasteiger partial charge < -0.3 is 0 Å². The van der Waals surface area contributed by atoms with E-state index in [4.69, 9.17) is 0 Å². The second-order valence-corrected chi connectivity index (χ2v) is 8.09. The molecule has 0 aliphatic carbocycles. The van der Waals surface area contributed by atoms with Gasteiger partial charge in [-0.1, -0.05) is 28.1 Å². The first kappa shape index (κ1) is 15.1. The molecular weight excluding hydrogens is 364 g/mol. The summed E-state index contributed by atoms with van der Waals surface area (Å²) >= 11 is 4.32. The molecule has 0 radical (unpaired) electrons. The summed E-state index contributed by atoms with van der Waals surface area (Å²) < 4.78 is 26.8. The molecule has 5 nitrogen and oxygen atoms in total. The van der Waals surface area contributed by atoms with Gasteiger partial charge in [0.15, 0.2) is 4.21 Å². The molecule has 106 valence electrons. The molecule has 0 saturated carbocycles. The van der Waals surface area contributed by atoms with Crippen LogP contribution in [-0.2, 0) is 21.2 Å². The van der Waals surface area contributed by atoms with Gasteiger partial charge in [-0.15, -0.1) is 11.3 Å². The van der Waals surface area contributed by atoms with Gasteiger partial charge in [0, 0.05) is 4.47 Å². The van der Waals surface area contributed by atoms with Crippen LogP contribution in [0, 0.1) is 6.92 Å². The normalized spacial score (nSPS) is 11.3. The lowest BCUT2D eigenvalue weighted by Gasteiger charge is -2.05. The van der Waals surface area contributed by atoms with E-state index in [1.807, 2.05) is 4.72 Å². The van der Waals surface area contributed by atoms with E-state index in [-0.39, 0.29) is 10.6 Å². The summed E-state index contributed by atoms with van der Waals surface area (Å²) in [5.41, 5.74) is 0.737. The van der Waals surface area contributed by atoms with E-state index in [1.165, 1.54) is 6.20 Å². The zero-order valence-electron chi connectivity index (χ0n) is 10.5. The van der Waals surface area contributed by atoms with Crippen LogP contribution in [0.25, 0.3) is 0 Å². The smallest absolute Gasteiger partial charge is 0.274 e. The Labute approximate surface area is 129 Å². The number of aromatic nitrogens is 1. The number of hydrogen-bond acceptors (Lipinski definition) is 5. The number of amides is 1. The van der Waals surface area contributed by atoms with Gasteiger partial charge in [-0.05, 0) is 24.6 Å². The minimum absolute atomic E-state index is 0.00426. The first-order valence-electron chi connectivity index (χ1n) is 5.59. The topological polar surface area (TPSA) is 76.1 Å². The van der Waals surface area contributed by atoms with Gasteiger partial charge in [-0.25, -0.2) is 18.1 Å². The highest BCUT2D eigenvalue weighted by Gasteiger charge is 2.20. The average molecular weight is 375 g/mol. The summed E-state index contributed by atoms with van der Waals surface area (Å²) in [5, 5.41) is 0.630. The van der Waals surface area contributed by atoms with Gasteiger partial charge >= 0.3 is 0 Å². The Kier molecular flexibility index (Phi) is 4.56. The molecule has 0 fully saturated rings. The Bertz CT molecular complexity index is 723. The van der Waals surface area contributed by atoms with Crippen LogP contribution in [0.4, 0.5) is 0 Å². The third kappa shape index (κ3) is 3.87. The fourth-order valence-corrected chi connectivity index (χ4v) is 3.85. The number of carbonyl (C=O) groups is 1. The molecule has 1 amide bonds. The number of rotatable bonds is 4. The minimum Gasteiger partial charge on any atom is -0.274 e. The van der Waals surface area contributed by atoms with Gasteiger partial charge in [0.1, 0.15) is 0 Å². The standard InChI is InChI=1S/C12H11BrN2O3S2/c1-8-14-7-12(19-8)20(17,18)15-11(16)6-9-2-4-10(13)5-3-9/h2-5,7H,6H2,1H3,(H,15,16). The highest BCUT2D eigenvalue weighted by Crippen LogP contribution is 2.17. The predicted octanol–water partition coefficient (Wildman–Crippen LogP) is 2.26. The average Bonchev–Trinajstić information content (AvgIpc) is 2.79. The van der Waals surface area contributed by atoms with E-state index in [0.717, 1.165) is 21.4 Å². The van der Waals surface area contributed by atoms with Crippen LogP contribution in [0.5, 0.6) is 0 Å². The molecule has 0 saturated heterocycles. The number of nitrogens with zero attached hydrogens (tertiary/aromatic N) is 1. The van der Waals surface area contributed by atoms with Crippen LogP contribution in [0.3, 0.4) is 0 Å². The van der Waals surface area contributed by atoms with Crippen molar-refractivity contribution in [3.8, 4) is 0 Å². The van der Waals surface area contributed by atoms with Crippen molar-refractivity contribution < 1.29 is 13.2 Å². The molecule has 0 spiro atoms. The molecule has 0 aliphatic rings. The van der Waals surface area contributed by atoms with Crippen LogP contribution < -0.4 is 4.72 Å². The Morgan fingerprint density at radius 2 is 2.00 bits per heavy atom. The van der Waals surface area contributed by atoms with Crippen molar-refractivity contribution in [1.82, 2.24) is 9.71 Å². The maximum absolute atomic E-state index is 11.9. The van der Waals surface area contributed by atoms with E-state index in [9.17, 15) is 13.2 Å². The van der Waals surface area contributed by atoms with E-state index < -0.39 is 15.9 Å². The Morgan fingerprint density at radius 3 is 2.55 bits per heavy atom. The maximum Gasteiger partial charge on any atom is 0.275 e. The minimum atomic E-state index is -3.82. The number of sulfonamides is 1. The number of benzene rings is 1. The Morgan fingerprint density at radius 1 is 1.35 bits per heavy atom. The number of halogens is 1. The summed E-state index contributed by atoms with van der Waals surface area (Å²) in [6.07, 6.45) is 1.25. The fraction of sp³-hybridized carbons (Fsp3) is 0.167. The van der Waals surface area contributed by atoms with Crippen molar-refractivity contribution in [3.63, 3.8) is 0 Å². The molecule has 1 N–H and O–H groups in total. The molecule has 1 aromatic heterocycles. The monoisotopic (exact) mass is 374 g/mol. The van der Waals surface area contributed by atoms with Crippen LogP contribution >= 0.6 is 27.3 Å². The van der Waals surface area contributed by atoms with Crippen molar-refractivity contribution in [2.45, 2.75) is 17.6 Å². The SMILES string of the molecule is Cc1ncc(S(=O)(=O)NC(=O)Cc2ccc(Br)cc2)s1. The van der Waals surface area contributed by atoms with Crippen molar-refractivity contribution >= 4 is 43.2 Å². The molecule has 1 heterocycles. The number of carbonyl (C=O) groups excluding carboxylic acids is 1. The van der Waals surface area contributed by atoms with Crippen molar-refractivity contribution in [2.24, 2.45) is 0 Å². The lowest BCUT2D eigenvalue weighted by atomic mass is 10.1. The number of nitrogens with one attached hydrogen (secondary N) is 1. The lowest BCUT2D eigenvalue weighted by molar-refractivity contribution is -0.118. The highest BCUT2D eigenvalue weighted by atomic mass is 79.9. The third-order valence-electron chi connectivity index (χ3n) is 2.39. The molecule has 0 atom stereocenters. The van der Waals surface area contributed by atoms with E-state index in [1.54, 1.807) is 31.2 Å². The summed E-state index contributed by atoms with van der Waals surface area (Å²) in [6, 6.07) is 7.10. The van der Waals surface area contributed by atoms with Crippen molar-refractivity contribution in [1.29, 1.82) is 0 Å². The molecule has 0 bridgehead atoms. The second kappa shape index (κ2) is 6.02. The summed E-state index contributed by atoms with van der Waals surface area (Å²) in [5.74, 6) is -0.571. The fourth-order valence-electron chi connectivity index (χ4n) is 1.49. The Balaban J connectivity index is 2.06. The zero-order chi connectivity index (χ0) is 14.8. The molecular formula is C12H11BrN2O3S2. The molecule has 2 rings (SSSR count). The third-order valence-corrected chi connectivity index (χ3v) is 5.67.